The topological polar surface area (TPSA) is 55.0 Å². The number of rotatable bonds is 6. The van der Waals surface area contributed by atoms with Crippen molar-refractivity contribution in [1.29, 1.82) is 0 Å². The first kappa shape index (κ1) is 26.5. The Morgan fingerprint density at radius 2 is 1.78 bits per heavy atom. The zero-order valence-electron chi connectivity index (χ0n) is 21.3. The second-order valence-electron chi connectivity index (χ2n) is 9.34. The van der Waals surface area contributed by atoms with E-state index in [4.69, 9.17) is 6.57 Å². The van der Waals surface area contributed by atoms with Crippen LogP contribution in [-0.4, -0.2) is 46.0 Å². The van der Waals surface area contributed by atoms with Crippen LogP contribution in [0.5, 0.6) is 5.75 Å². The molecule has 3 aromatic rings. The van der Waals surface area contributed by atoms with Gasteiger partial charge in [0.25, 0.3) is 11.4 Å². The third-order valence-electron chi connectivity index (χ3n) is 7.25. The molecule has 3 atom stereocenters. The van der Waals surface area contributed by atoms with E-state index in [1.807, 2.05) is 0 Å². The molecule has 1 saturated heterocycles. The molecule has 1 aliphatic rings. The number of ether oxygens (including phenoxy) is 1. The van der Waals surface area contributed by atoms with Crippen LogP contribution in [0.1, 0.15) is 45.2 Å². The van der Waals surface area contributed by atoms with E-state index in [1.54, 1.807) is 41.9 Å². The molecule has 0 saturated carbocycles. The van der Waals surface area contributed by atoms with E-state index >= 15 is 0 Å². The zero-order valence-corrected chi connectivity index (χ0v) is 21.3. The van der Waals surface area contributed by atoms with Crippen molar-refractivity contribution in [1.82, 2.24) is 14.5 Å². The van der Waals surface area contributed by atoms with E-state index < -0.39 is 6.36 Å². The average molecular weight is 514 g/mol. The van der Waals surface area contributed by atoms with E-state index in [0.717, 1.165) is 24.1 Å². The Bertz CT molecular complexity index is 1360. The predicted octanol–water partition coefficient (Wildman–Crippen LogP) is 5.82. The molecule has 37 heavy (non-hydrogen) atoms. The summed E-state index contributed by atoms with van der Waals surface area (Å²) >= 11 is 0. The number of hydrogen-bond donors (Lipinski definition) is 0. The van der Waals surface area contributed by atoms with Gasteiger partial charge in [0.1, 0.15) is 5.75 Å². The van der Waals surface area contributed by atoms with Gasteiger partial charge in [-0.3, -0.25) is 9.69 Å². The molecular formula is C27H30F3N5O2. The van der Waals surface area contributed by atoms with Crippen molar-refractivity contribution in [2.75, 3.05) is 18.0 Å². The van der Waals surface area contributed by atoms with Gasteiger partial charge in [-0.1, -0.05) is 32.6 Å². The van der Waals surface area contributed by atoms with Gasteiger partial charge in [-0.15, -0.1) is 18.2 Å². The summed E-state index contributed by atoms with van der Waals surface area (Å²) in [6.45, 7) is 15.0. The van der Waals surface area contributed by atoms with E-state index in [2.05, 4.69) is 45.1 Å². The highest BCUT2D eigenvalue weighted by atomic mass is 19.4. The van der Waals surface area contributed by atoms with Crippen molar-refractivity contribution in [3.63, 3.8) is 0 Å². The molecule has 0 N–H and O–H groups in total. The molecular weight excluding hydrogens is 483 g/mol. The summed E-state index contributed by atoms with van der Waals surface area (Å²) in [4.78, 5) is 25.5. The number of fused-ring (bicyclic) bond motifs is 1. The molecule has 4 rings (SSSR count). The predicted molar refractivity (Wildman–Crippen MR) is 137 cm³/mol. The smallest absolute Gasteiger partial charge is 0.406 e. The summed E-state index contributed by atoms with van der Waals surface area (Å²) in [5.74, 6) is 0.0354. The minimum absolute atomic E-state index is 0.0340. The fourth-order valence-electron chi connectivity index (χ4n) is 5.18. The lowest BCUT2D eigenvalue weighted by atomic mass is 9.96. The van der Waals surface area contributed by atoms with Crippen molar-refractivity contribution in [3.05, 3.63) is 69.8 Å². The Morgan fingerprint density at radius 3 is 2.38 bits per heavy atom. The maximum absolute atomic E-state index is 12.8. The first-order valence-electron chi connectivity index (χ1n) is 12.3. The number of hydrogen-bond acceptors (Lipinski definition) is 5. The van der Waals surface area contributed by atoms with Crippen molar-refractivity contribution >= 4 is 22.5 Å². The fourth-order valence-corrected chi connectivity index (χ4v) is 5.18. The Hall–Kier alpha value is -3.58. The molecule has 0 spiro atoms. The highest BCUT2D eigenvalue weighted by Crippen LogP contribution is 2.35. The molecule has 0 amide bonds. The number of aryl methyl sites for hydroxylation is 1. The first-order chi connectivity index (χ1) is 17.6. The van der Waals surface area contributed by atoms with E-state index in [9.17, 15) is 18.0 Å². The molecule has 3 heterocycles. The summed E-state index contributed by atoms with van der Waals surface area (Å²) in [6, 6.07) is 11.2. The van der Waals surface area contributed by atoms with Gasteiger partial charge in [0.05, 0.1) is 11.2 Å². The van der Waals surface area contributed by atoms with Crippen LogP contribution in [0.2, 0.25) is 0 Å². The highest BCUT2D eigenvalue weighted by molar-refractivity contribution is 5.89. The molecule has 0 radical (unpaired) electrons. The SMILES string of the molecule is [C-]#[N+]c1ccc2c(n1)c(N1C[C@@H](CC)N(C(C)c3ccc(OC(F)(F)F)cc3)C[C@@H]1CC)cc(=O)n2C. The molecule has 2 aromatic heterocycles. The Morgan fingerprint density at radius 1 is 1.11 bits per heavy atom. The van der Waals surface area contributed by atoms with Crippen LogP contribution in [0.15, 0.2) is 47.3 Å². The number of nitrogens with zero attached hydrogens (tertiary/aromatic N) is 5. The summed E-state index contributed by atoms with van der Waals surface area (Å²) in [5, 5.41) is 0. The van der Waals surface area contributed by atoms with Gasteiger partial charge in [0.15, 0.2) is 0 Å². The van der Waals surface area contributed by atoms with Crippen molar-refractivity contribution in [3.8, 4) is 5.75 Å². The summed E-state index contributed by atoms with van der Waals surface area (Å²) < 4.78 is 43.2. The molecule has 10 heteroatoms. The van der Waals surface area contributed by atoms with Crippen LogP contribution in [0.4, 0.5) is 24.7 Å². The highest BCUT2D eigenvalue weighted by Gasteiger charge is 2.37. The van der Waals surface area contributed by atoms with Gasteiger partial charge in [0, 0.05) is 44.3 Å². The molecule has 7 nitrogen and oxygen atoms in total. The maximum atomic E-state index is 12.8. The average Bonchev–Trinajstić information content (AvgIpc) is 2.88. The van der Waals surface area contributed by atoms with Crippen LogP contribution in [0, 0.1) is 6.57 Å². The van der Waals surface area contributed by atoms with Gasteiger partial charge < -0.3 is 19.0 Å². The Balaban J connectivity index is 1.67. The van der Waals surface area contributed by atoms with Crippen molar-refractivity contribution < 1.29 is 17.9 Å². The lowest BCUT2D eigenvalue weighted by molar-refractivity contribution is -0.274. The first-order valence-corrected chi connectivity index (χ1v) is 12.3. The van der Waals surface area contributed by atoms with Crippen LogP contribution < -0.4 is 15.2 Å². The molecule has 196 valence electrons. The monoisotopic (exact) mass is 513 g/mol. The minimum Gasteiger partial charge on any atom is -0.406 e. The van der Waals surface area contributed by atoms with Gasteiger partial charge in [-0.05, 0) is 49.6 Å². The number of benzene rings is 1. The lowest BCUT2D eigenvalue weighted by Gasteiger charge is -2.49. The zero-order chi connectivity index (χ0) is 26.9. The van der Waals surface area contributed by atoms with E-state index in [-0.39, 0.29) is 35.3 Å². The largest absolute Gasteiger partial charge is 0.573 e. The third-order valence-corrected chi connectivity index (χ3v) is 7.25. The molecule has 0 bridgehead atoms. The van der Waals surface area contributed by atoms with Crippen LogP contribution in [-0.2, 0) is 7.05 Å². The summed E-state index contributed by atoms with van der Waals surface area (Å²) in [7, 11) is 1.70. The number of aromatic nitrogens is 2. The van der Waals surface area contributed by atoms with Crippen LogP contribution in [0.25, 0.3) is 15.9 Å². The maximum Gasteiger partial charge on any atom is 0.573 e. The lowest BCUT2D eigenvalue weighted by Crippen LogP contribution is -2.58. The number of anilines is 1. The minimum atomic E-state index is -4.72. The second kappa shape index (κ2) is 10.4. The third kappa shape index (κ3) is 5.42. The van der Waals surface area contributed by atoms with Gasteiger partial charge >= 0.3 is 6.36 Å². The van der Waals surface area contributed by atoms with Crippen LogP contribution >= 0.6 is 0 Å². The quantitative estimate of drug-likeness (QED) is 0.389. The number of piperazine rings is 1. The summed E-state index contributed by atoms with van der Waals surface area (Å²) in [5.41, 5.74) is 2.80. The standard InChI is InChI=1S/C27H30F3N5O2/c1-6-19-16-35(23-14-25(36)33(5)22-12-13-24(31-4)32-26(22)23)20(7-2)15-34(19)17(3)18-8-10-21(11-9-18)37-27(28,29)30/h8-14,17,19-20H,6-7,15-16H2,1-3,5H3/t17?,19-,20+/m1/s1. The van der Waals surface area contributed by atoms with Gasteiger partial charge in [0.2, 0.25) is 5.52 Å². The number of halogens is 3. The Kier molecular flexibility index (Phi) is 7.46. The Labute approximate surface area is 213 Å². The second-order valence-corrected chi connectivity index (χ2v) is 9.34. The fraction of sp³-hybridized carbons (Fsp3) is 0.444. The van der Waals surface area contributed by atoms with Crippen molar-refractivity contribution in [2.24, 2.45) is 7.05 Å². The molecule has 1 unspecified atom stereocenters. The van der Waals surface area contributed by atoms with Crippen LogP contribution in [0.3, 0.4) is 0 Å². The van der Waals surface area contributed by atoms with Crippen molar-refractivity contribution in [2.45, 2.75) is 58.1 Å². The molecule has 1 fully saturated rings. The van der Waals surface area contributed by atoms with E-state index in [0.29, 0.717) is 24.1 Å². The normalized spacial score (nSPS) is 19.6. The number of pyridine rings is 2. The molecule has 1 aromatic carbocycles. The number of alkyl halides is 3. The van der Waals surface area contributed by atoms with E-state index in [1.165, 1.54) is 12.1 Å². The van der Waals surface area contributed by atoms with Gasteiger partial charge in [-0.25, -0.2) is 0 Å². The summed E-state index contributed by atoms with van der Waals surface area (Å²) in [6.07, 6.45) is -3.06. The van der Waals surface area contributed by atoms with Gasteiger partial charge in [-0.2, -0.15) is 0 Å². The molecule has 1 aliphatic heterocycles. The molecule has 0 aliphatic carbocycles.